The van der Waals surface area contributed by atoms with Gasteiger partial charge in [0.25, 0.3) is 0 Å². The number of halogens is 1. The molecule has 86 valence electrons. The molecule has 0 bridgehead atoms. The lowest BCUT2D eigenvalue weighted by Crippen LogP contribution is -2.22. The summed E-state index contributed by atoms with van der Waals surface area (Å²) < 4.78 is 0. The van der Waals surface area contributed by atoms with Crippen molar-refractivity contribution in [2.75, 3.05) is 6.54 Å². The monoisotopic (exact) mass is 235 g/mol. The Labute approximate surface area is 103 Å². The van der Waals surface area contributed by atoms with E-state index in [1.807, 2.05) is 25.1 Å². The molecule has 1 rings (SSSR count). The van der Waals surface area contributed by atoms with Crippen LogP contribution in [-0.4, -0.2) is 6.54 Å². The van der Waals surface area contributed by atoms with E-state index in [2.05, 4.69) is 18.2 Å². The van der Waals surface area contributed by atoms with Gasteiger partial charge in [0.15, 0.2) is 0 Å². The minimum atomic E-state index is 0.164. The predicted octanol–water partition coefficient (Wildman–Crippen LogP) is 3.71. The molecule has 1 N–H and O–H groups in total. The average molecular weight is 236 g/mol. The highest BCUT2D eigenvalue weighted by Gasteiger charge is 2.13. The summed E-state index contributed by atoms with van der Waals surface area (Å²) in [7, 11) is 0. The Kier molecular flexibility index (Phi) is 5.38. The molecular weight excluding hydrogens is 218 g/mol. The molecule has 0 saturated heterocycles. The molecule has 0 aliphatic carbocycles. The molecule has 16 heavy (non-hydrogen) atoms. The quantitative estimate of drug-likeness (QED) is 0.768. The number of benzene rings is 1. The Hall–Kier alpha value is -0.970. The molecule has 0 aromatic heterocycles. The van der Waals surface area contributed by atoms with Gasteiger partial charge in [0.05, 0.1) is 0 Å². The van der Waals surface area contributed by atoms with Crippen LogP contribution in [0.2, 0.25) is 5.02 Å². The fourth-order valence-corrected chi connectivity index (χ4v) is 1.93. The highest BCUT2D eigenvalue weighted by molar-refractivity contribution is 6.32. The number of hydrogen-bond acceptors (Lipinski definition) is 1. The largest absolute Gasteiger partial charge is 0.309 e. The van der Waals surface area contributed by atoms with Gasteiger partial charge < -0.3 is 5.32 Å². The molecule has 2 heteroatoms. The van der Waals surface area contributed by atoms with Crippen LogP contribution in [0.1, 0.15) is 36.9 Å². The lowest BCUT2D eigenvalue weighted by atomic mass is 10.0. The number of nitrogens with one attached hydrogen (secondary N) is 1. The van der Waals surface area contributed by atoms with E-state index in [1.165, 1.54) is 0 Å². The molecule has 0 aliphatic rings. The van der Waals surface area contributed by atoms with Crippen LogP contribution in [0.25, 0.3) is 0 Å². The minimum Gasteiger partial charge on any atom is -0.309 e. The van der Waals surface area contributed by atoms with Gasteiger partial charge in [-0.2, -0.15) is 0 Å². The van der Waals surface area contributed by atoms with Gasteiger partial charge in [-0.3, -0.25) is 0 Å². The summed E-state index contributed by atoms with van der Waals surface area (Å²) in [5, 5.41) is 4.25. The second-order valence-electron chi connectivity index (χ2n) is 3.89. The first-order valence-electron chi connectivity index (χ1n) is 5.62. The molecule has 1 aromatic carbocycles. The van der Waals surface area contributed by atoms with Crippen LogP contribution in [0.5, 0.6) is 0 Å². The lowest BCUT2D eigenvalue weighted by Gasteiger charge is -2.18. The predicted molar refractivity (Wildman–Crippen MR) is 70.7 cm³/mol. The minimum absolute atomic E-state index is 0.164. The Balaban J connectivity index is 2.92. The molecule has 1 atom stereocenters. The summed E-state index contributed by atoms with van der Waals surface area (Å²) in [4.78, 5) is 0. The zero-order valence-corrected chi connectivity index (χ0v) is 10.6. The van der Waals surface area contributed by atoms with Gasteiger partial charge in [0.1, 0.15) is 0 Å². The Morgan fingerprint density at radius 2 is 2.25 bits per heavy atom. The Bertz CT molecular complexity index is 379. The molecule has 0 spiro atoms. The maximum absolute atomic E-state index is 6.29. The third-order valence-corrected chi connectivity index (χ3v) is 3.08. The molecule has 1 aromatic rings. The zero-order chi connectivity index (χ0) is 12.0. The van der Waals surface area contributed by atoms with Gasteiger partial charge in [-0.05, 0) is 31.0 Å². The van der Waals surface area contributed by atoms with Crippen molar-refractivity contribution in [3.8, 4) is 12.3 Å². The van der Waals surface area contributed by atoms with Crippen molar-refractivity contribution < 1.29 is 0 Å². The van der Waals surface area contributed by atoms with Crippen LogP contribution in [0.3, 0.4) is 0 Å². The normalized spacial score (nSPS) is 12.1. The summed E-state index contributed by atoms with van der Waals surface area (Å²) in [6, 6.07) is 6.24. The molecule has 0 saturated carbocycles. The van der Waals surface area contributed by atoms with Gasteiger partial charge in [0, 0.05) is 17.5 Å². The highest BCUT2D eigenvalue weighted by atomic mass is 35.5. The lowest BCUT2D eigenvalue weighted by molar-refractivity contribution is 0.542. The second kappa shape index (κ2) is 6.58. The van der Waals surface area contributed by atoms with E-state index < -0.39 is 0 Å². The highest BCUT2D eigenvalue weighted by Crippen LogP contribution is 2.27. The summed E-state index contributed by atoms with van der Waals surface area (Å²) in [5.41, 5.74) is 2.20. The van der Waals surface area contributed by atoms with E-state index in [-0.39, 0.29) is 6.04 Å². The standard InChI is InChI=1S/C14H18ClN/c1-4-7-13(16-10-5-2)12-9-6-8-11(3)14(12)15/h1,6,8-9,13,16H,5,7,10H2,2-3H3. The topological polar surface area (TPSA) is 12.0 Å². The first kappa shape index (κ1) is 13.1. The molecule has 1 nitrogen and oxygen atoms in total. The fraction of sp³-hybridized carbons (Fsp3) is 0.429. The van der Waals surface area contributed by atoms with Crippen molar-refractivity contribution in [2.24, 2.45) is 0 Å². The van der Waals surface area contributed by atoms with E-state index in [0.29, 0.717) is 6.42 Å². The van der Waals surface area contributed by atoms with Gasteiger partial charge in [0.2, 0.25) is 0 Å². The molecule has 0 amide bonds. The fourth-order valence-electron chi connectivity index (χ4n) is 1.67. The van der Waals surface area contributed by atoms with Crippen molar-refractivity contribution in [1.29, 1.82) is 0 Å². The third kappa shape index (κ3) is 3.27. The van der Waals surface area contributed by atoms with Gasteiger partial charge in [-0.1, -0.05) is 36.7 Å². The molecule has 0 heterocycles. The maximum atomic E-state index is 6.29. The average Bonchev–Trinajstić information content (AvgIpc) is 2.28. The van der Waals surface area contributed by atoms with Gasteiger partial charge >= 0.3 is 0 Å². The first-order chi connectivity index (χ1) is 7.70. The van der Waals surface area contributed by atoms with Crippen LogP contribution in [0.4, 0.5) is 0 Å². The third-order valence-electron chi connectivity index (χ3n) is 2.56. The second-order valence-corrected chi connectivity index (χ2v) is 4.27. The molecule has 1 unspecified atom stereocenters. The van der Waals surface area contributed by atoms with Gasteiger partial charge in [-0.25, -0.2) is 0 Å². The van der Waals surface area contributed by atoms with Gasteiger partial charge in [-0.15, -0.1) is 12.3 Å². The molecule has 0 aliphatic heterocycles. The zero-order valence-electron chi connectivity index (χ0n) is 9.89. The van der Waals surface area contributed by atoms with Crippen LogP contribution in [0.15, 0.2) is 18.2 Å². The van der Waals surface area contributed by atoms with Crippen molar-refractivity contribution >= 4 is 11.6 Å². The van der Waals surface area contributed by atoms with Crippen LogP contribution in [-0.2, 0) is 0 Å². The Morgan fingerprint density at radius 1 is 1.50 bits per heavy atom. The number of hydrogen-bond donors (Lipinski definition) is 1. The molecule has 0 fully saturated rings. The van der Waals surface area contributed by atoms with E-state index >= 15 is 0 Å². The molecule has 0 radical (unpaired) electrons. The molecular formula is C14H18ClN. The Morgan fingerprint density at radius 3 is 2.88 bits per heavy atom. The maximum Gasteiger partial charge on any atom is 0.0483 e. The number of aryl methyl sites for hydroxylation is 1. The summed E-state index contributed by atoms with van der Waals surface area (Å²) in [5.74, 6) is 2.70. The summed E-state index contributed by atoms with van der Waals surface area (Å²) in [6.07, 6.45) is 7.15. The summed E-state index contributed by atoms with van der Waals surface area (Å²) >= 11 is 6.29. The van der Waals surface area contributed by atoms with E-state index in [1.54, 1.807) is 0 Å². The van der Waals surface area contributed by atoms with Crippen molar-refractivity contribution in [1.82, 2.24) is 5.32 Å². The van der Waals surface area contributed by atoms with Crippen molar-refractivity contribution in [3.63, 3.8) is 0 Å². The number of rotatable bonds is 5. The van der Waals surface area contributed by atoms with Crippen molar-refractivity contribution in [2.45, 2.75) is 32.7 Å². The van der Waals surface area contributed by atoms with E-state index in [4.69, 9.17) is 18.0 Å². The van der Waals surface area contributed by atoms with Crippen LogP contribution < -0.4 is 5.32 Å². The number of terminal acetylenes is 1. The van der Waals surface area contributed by atoms with Crippen molar-refractivity contribution in [3.05, 3.63) is 34.3 Å². The van der Waals surface area contributed by atoms with E-state index in [9.17, 15) is 0 Å². The van der Waals surface area contributed by atoms with Crippen LogP contribution in [0, 0.1) is 19.3 Å². The summed E-state index contributed by atoms with van der Waals surface area (Å²) in [6.45, 7) is 5.10. The van der Waals surface area contributed by atoms with Crippen LogP contribution >= 0.6 is 11.6 Å². The SMILES string of the molecule is C#CCC(NCCC)c1cccc(C)c1Cl. The van der Waals surface area contributed by atoms with E-state index in [0.717, 1.165) is 29.1 Å². The first-order valence-corrected chi connectivity index (χ1v) is 6.00. The smallest absolute Gasteiger partial charge is 0.0483 e.